The van der Waals surface area contributed by atoms with Crippen molar-refractivity contribution in [3.8, 4) is 0 Å². The van der Waals surface area contributed by atoms with Crippen LogP contribution in [0.4, 0.5) is 5.69 Å². The van der Waals surface area contributed by atoms with E-state index in [1.54, 1.807) is 36.4 Å². The van der Waals surface area contributed by atoms with E-state index in [2.05, 4.69) is 5.32 Å². The third kappa shape index (κ3) is 5.02. The Morgan fingerprint density at radius 1 is 1.00 bits per heavy atom. The van der Waals surface area contributed by atoms with Gasteiger partial charge in [-0.1, -0.05) is 47.5 Å². The van der Waals surface area contributed by atoms with E-state index in [1.165, 1.54) is 12.1 Å². The van der Waals surface area contributed by atoms with E-state index in [1.807, 2.05) is 0 Å². The maximum atomic E-state index is 12.1. The van der Waals surface area contributed by atoms with Gasteiger partial charge in [-0.25, -0.2) is 8.42 Å². The first-order chi connectivity index (χ1) is 10.4. The van der Waals surface area contributed by atoms with E-state index in [-0.39, 0.29) is 10.8 Å². The lowest BCUT2D eigenvalue weighted by Gasteiger charge is -2.07. The Morgan fingerprint density at radius 3 is 2.32 bits per heavy atom. The number of benzene rings is 2. The molecule has 1 amide bonds. The van der Waals surface area contributed by atoms with Crippen molar-refractivity contribution in [2.24, 2.45) is 0 Å². The molecule has 0 atom stereocenters. The lowest BCUT2D eigenvalue weighted by Crippen LogP contribution is -2.23. The average Bonchev–Trinajstić information content (AvgIpc) is 2.43. The molecule has 7 heteroatoms. The molecule has 0 radical (unpaired) electrons. The van der Waals surface area contributed by atoms with Gasteiger partial charge in [0.1, 0.15) is 5.75 Å². The predicted molar refractivity (Wildman–Crippen MR) is 89.0 cm³/mol. The summed E-state index contributed by atoms with van der Waals surface area (Å²) in [5.74, 6) is -1.44. The van der Waals surface area contributed by atoms with Crippen LogP contribution in [0.3, 0.4) is 0 Å². The second kappa shape index (κ2) is 7.13. The number of nitrogens with one attached hydrogen (secondary N) is 1. The monoisotopic (exact) mass is 357 g/mol. The zero-order chi connectivity index (χ0) is 16.2. The summed E-state index contributed by atoms with van der Waals surface area (Å²) in [6.45, 7) is 0. The van der Waals surface area contributed by atoms with Crippen LogP contribution in [-0.2, 0) is 20.4 Å². The van der Waals surface area contributed by atoms with Crippen LogP contribution in [-0.4, -0.2) is 20.1 Å². The Hall–Kier alpha value is -1.56. The fourth-order valence-electron chi connectivity index (χ4n) is 1.85. The van der Waals surface area contributed by atoms with Crippen LogP contribution in [0.2, 0.25) is 10.0 Å². The number of sulfone groups is 1. The lowest BCUT2D eigenvalue weighted by atomic mass is 10.2. The molecular weight excluding hydrogens is 345 g/mol. The Labute approximate surface area is 139 Å². The molecule has 0 saturated carbocycles. The van der Waals surface area contributed by atoms with E-state index < -0.39 is 21.5 Å². The molecular formula is C15H13Cl2NO3S. The van der Waals surface area contributed by atoms with Crippen molar-refractivity contribution < 1.29 is 13.2 Å². The van der Waals surface area contributed by atoms with Gasteiger partial charge in [0.2, 0.25) is 5.91 Å². The van der Waals surface area contributed by atoms with E-state index in [0.29, 0.717) is 16.3 Å². The van der Waals surface area contributed by atoms with Crippen molar-refractivity contribution >= 4 is 44.6 Å². The average molecular weight is 358 g/mol. The van der Waals surface area contributed by atoms with Gasteiger partial charge in [-0.15, -0.1) is 0 Å². The topological polar surface area (TPSA) is 63.2 Å². The SMILES string of the molecule is O=C(CS(=O)(=O)Cc1ccc(Cl)c(Cl)c1)Nc1ccccc1. The minimum atomic E-state index is -3.60. The maximum Gasteiger partial charge on any atom is 0.239 e. The largest absolute Gasteiger partial charge is 0.325 e. The Bertz CT molecular complexity index is 777. The summed E-state index contributed by atoms with van der Waals surface area (Å²) in [6, 6.07) is 13.2. The minimum absolute atomic E-state index is 0.272. The van der Waals surface area contributed by atoms with Crippen LogP contribution < -0.4 is 5.32 Å². The maximum absolute atomic E-state index is 12.1. The smallest absolute Gasteiger partial charge is 0.239 e. The van der Waals surface area contributed by atoms with Gasteiger partial charge in [0, 0.05) is 5.69 Å². The number of carbonyl (C=O) groups excluding carboxylic acids is 1. The highest BCUT2D eigenvalue weighted by molar-refractivity contribution is 7.91. The molecule has 116 valence electrons. The standard InChI is InChI=1S/C15H13Cl2NO3S/c16-13-7-6-11(8-14(13)17)9-22(20,21)10-15(19)18-12-4-2-1-3-5-12/h1-8H,9-10H2,(H,18,19). The van der Waals surface area contributed by atoms with Gasteiger partial charge in [-0.2, -0.15) is 0 Å². The predicted octanol–water partition coefficient (Wildman–Crippen LogP) is 3.55. The number of anilines is 1. The first-order valence-corrected chi connectivity index (χ1v) is 8.93. The number of halogens is 2. The van der Waals surface area contributed by atoms with Crippen molar-refractivity contribution in [3.05, 3.63) is 64.1 Å². The number of hydrogen-bond acceptors (Lipinski definition) is 3. The highest BCUT2D eigenvalue weighted by Crippen LogP contribution is 2.23. The van der Waals surface area contributed by atoms with Gasteiger partial charge >= 0.3 is 0 Å². The Morgan fingerprint density at radius 2 is 1.68 bits per heavy atom. The number of hydrogen-bond donors (Lipinski definition) is 1. The first kappa shape index (κ1) is 16.8. The van der Waals surface area contributed by atoms with Crippen LogP contribution in [0.1, 0.15) is 5.56 Å². The van der Waals surface area contributed by atoms with E-state index in [0.717, 1.165) is 0 Å². The van der Waals surface area contributed by atoms with Gasteiger partial charge in [-0.3, -0.25) is 4.79 Å². The van der Waals surface area contributed by atoms with E-state index in [9.17, 15) is 13.2 Å². The third-order valence-corrected chi connectivity index (χ3v) is 4.99. The van der Waals surface area contributed by atoms with Crippen LogP contribution in [0.25, 0.3) is 0 Å². The molecule has 0 unspecified atom stereocenters. The Kier molecular flexibility index (Phi) is 5.45. The molecule has 4 nitrogen and oxygen atoms in total. The molecule has 0 aliphatic carbocycles. The number of carbonyl (C=O) groups is 1. The van der Waals surface area contributed by atoms with Gasteiger partial charge in [0.15, 0.2) is 9.84 Å². The third-order valence-electron chi connectivity index (χ3n) is 2.78. The molecule has 0 heterocycles. The normalized spacial score (nSPS) is 11.2. The summed E-state index contributed by atoms with van der Waals surface area (Å²) in [6.07, 6.45) is 0. The highest BCUT2D eigenvalue weighted by Gasteiger charge is 2.18. The van der Waals surface area contributed by atoms with Crippen LogP contribution in [0, 0.1) is 0 Å². The number of rotatable bonds is 5. The molecule has 0 fully saturated rings. The molecule has 0 aliphatic rings. The quantitative estimate of drug-likeness (QED) is 0.889. The van der Waals surface area contributed by atoms with Crippen LogP contribution >= 0.6 is 23.2 Å². The summed E-state index contributed by atoms with van der Waals surface area (Å²) in [5.41, 5.74) is 1.04. The highest BCUT2D eigenvalue weighted by atomic mass is 35.5. The lowest BCUT2D eigenvalue weighted by molar-refractivity contribution is -0.113. The molecule has 0 bridgehead atoms. The zero-order valence-electron chi connectivity index (χ0n) is 11.4. The summed E-state index contributed by atoms with van der Waals surface area (Å²) < 4.78 is 24.1. The second-order valence-corrected chi connectivity index (χ2v) is 7.57. The first-order valence-electron chi connectivity index (χ1n) is 6.35. The van der Waals surface area contributed by atoms with Crippen molar-refractivity contribution in [3.63, 3.8) is 0 Å². The number of amides is 1. The zero-order valence-corrected chi connectivity index (χ0v) is 13.8. The van der Waals surface area contributed by atoms with Crippen LogP contribution in [0.15, 0.2) is 48.5 Å². The summed E-state index contributed by atoms with van der Waals surface area (Å²) in [4.78, 5) is 11.8. The minimum Gasteiger partial charge on any atom is -0.325 e. The van der Waals surface area contributed by atoms with Gasteiger partial charge in [-0.05, 0) is 29.8 Å². The second-order valence-electron chi connectivity index (χ2n) is 4.69. The summed E-state index contributed by atoms with van der Waals surface area (Å²) in [5, 5.41) is 3.17. The molecule has 0 aliphatic heterocycles. The van der Waals surface area contributed by atoms with Gasteiger partial charge < -0.3 is 5.32 Å². The van der Waals surface area contributed by atoms with Crippen molar-refractivity contribution in [2.45, 2.75) is 5.75 Å². The molecule has 0 spiro atoms. The molecule has 2 aromatic rings. The van der Waals surface area contributed by atoms with Crippen molar-refractivity contribution in [1.82, 2.24) is 0 Å². The van der Waals surface area contributed by atoms with E-state index in [4.69, 9.17) is 23.2 Å². The van der Waals surface area contributed by atoms with Gasteiger partial charge in [0.25, 0.3) is 0 Å². The molecule has 2 rings (SSSR count). The summed E-state index contributed by atoms with van der Waals surface area (Å²) in [7, 11) is -3.60. The summed E-state index contributed by atoms with van der Waals surface area (Å²) >= 11 is 11.6. The van der Waals surface area contributed by atoms with Crippen molar-refractivity contribution in [2.75, 3.05) is 11.1 Å². The van der Waals surface area contributed by atoms with E-state index >= 15 is 0 Å². The van der Waals surface area contributed by atoms with Crippen LogP contribution in [0.5, 0.6) is 0 Å². The fourth-order valence-corrected chi connectivity index (χ4v) is 3.43. The molecule has 0 saturated heterocycles. The van der Waals surface area contributed by atoms with Gasteiger partial charge in [0.05, 0.1) is 15.8 Å². The molecule has 1 N–H and O–H groups in total. The fraction of sp³-hybridized carbons (Fsp3) is 0.133. The molecule has 0 aromatic heterocycles. The molecule has 2 aromatic carbocycles. The van der Waals surface area contributed by atoms with Crippen molar-refractivity contribution in [1.29, 1.82) is 0 Å². The number of para-hydroxylation sites is 1. The molecule has 22 heavy (non-hydrogen) atoms. The Balaban J connectivity index is 2.01.